The van der Waals surface area contributed by atoms with Gasteiger partial charge in [0.25, 0.3) is 0 Å². The molecule has 0 aromatic heterocycles. The van der Waals surface area contributed by atoms with Crippen molar-refractivity contribution in [1.82, 2.24) is 5.32 Å². The van der Waals surface area contributed by atoms with Crippen molar-refractivity contribution < 1.29 is 5.11 Å². The van der Waals surface area contributed by atoms with Gasteiger partial charge in [-0.1, -0.05) is 6.07 Å². The van der Waals surface area contributed by atoms with Gasteiger partial charge in [-0.3, -0.25) is 0 Å². The number of benzene rings is 1. The number of hydrogen-bond donors (Lipinski definition) is 2. The van der Waals surface area contributed by atoms with Gasteiger partial charge in [-0.05, 0) is 49.9 Å². The molecule has 1 fully saturated rings. The summed E-state index contributed by atoms with van der Waals surface area (Å²) in [4.78, 5) is 2.45. The fourth-order valence-electron chi connectivity index (χ4n) is 2.57. The molecule has 18 heavy (non-hydrogen) atoms. The molecule has 3 heteroatoms. The van der Waals surface area contributed by atoms with Crippen LogP contribution in [0.4, 0.5) is 5.69 Å². The lowest BCUT2D eigenvalue weighted by Gasteiger charge is -2.35. The van der Waals surface area contributed by atoms with Gasteiger partial charge >= 0.3 is 0 Å². The molecule has 1 unspecified atom stereocenters. The monoisotopic (exact) mass is 248 g/mol. The topological polar surface area (TPSA) is 35.5 Å². The number of aliphatic hydroxyl groups is 1. The van der Waals surface area contributed by atoms with E-state index in [-0.39, 0.29) is 6.61 Å². The second-order valence-electron chi connectivity index (χ2n) is 5.23. The Morgan fingerprint density at radius 1 is 1.33 bits per heavy atom. The molecule has 1 aliphatic heterocycles. The standard InChI is InChI=1S/C15H24N2O/c1-12-5-6-15(10-13(12)2)17-8-3-4-14(11-17)16-7-9-18/h5-6,10,14,16,18H,3-4,7-9,11H2,1-2H3. The molecule has 2 rings (SSSR count). The number of nitrogens with one attached hydrogen (secondary N) is 1. The van der Waals surface area contributed by atoms with E-state index in [1.54, 1.807) is 0 Å². The first kappa shape index (κ1) is 13.4. The summed E-state index contributed by atoms with van der Waals surface area (Å²) in [6.07, 6.45) is 2.43. The molecule has 0 aliphatic carbocycles. The van der Waals surface area contributed by atoms with Gasteiger partial charge in [-0.2, -0.15) is 0 Å². The van der Waals surface area contributed by atoms with E-state index in [1.165, 1.54) is 29.7 Å². The summed E-state index contributed by atoms with van der Waals surface area (Å²) in [5.74, 6) is 0. The number of piperidine rings is 1. The Labute approximate surface area is 110 Å². The molecule has 1 saturated heterocycles. The molecule has 0 radical (unpaired) electrons. The second kappa shape index (κ2) is 6.21. The van der Waals surface area contributed by atoms with Crippen LogP contribution in [0.25, 0.3) is 0 Å². The lowest BCUT2D eigenvalue weighted by atomic mass is 10.0. The van der Waals surface area contributed by atoms with Crippen molar-refractivity contribution in [3.05, 3.63) is 29.3 Å². The number of aryl methyl sites for hydroxylation is 2. The van der Waals surface area contributed by atoms with Crippen molar-refractivity contribution in [3.8, 4) is 0 Å². The van der Waals surface area contributed by atoms with Gasteiger partial charge in [0.2, 0.25) is 0 Å². The van der Waals surface area contributed by atoms with E-state index in [0.717, 1.165) is 13.1 Å². The summed E-state index contributed by atoms with van der Waals surface area (Å²) in [7, 11) is 0. The van der Waals surface area contributed by atoms with E-state index in [2.05, 4.69) is 42.3 Å². The summed E-state index contributed by atoms with van der Waals surface area (Å²) in [5, 5.41) is 12.3. The second-order valence-corrected chi connectivity index (χ2v) is 5.23. The average Bonchev–Trinajstić information content (AvgIpc) is 2.40. The van der Waals surface area contributed by atoms with Gasteiger partial charge in [-0.25, -0.2) is 0 Å². The lowest BCUT2D eigenvalue weighted by Crippen LogP contribution is -2.46. The van der Waals surface area contributed by atoms with Crippen molar-refractivity contribution in [3.63, 3.8) is 0 Å². The lowest BCUT2D eigenvalue weighted by molar-refractivity contribution is 0.278. The molecule has 1 aromatic rings. The molecule has 1 aromatic carbocycles. The van der Waals surface area contributed by atoms with Crippen molar-refractivity contribution in [2.24, 2.45) is 0 Å². The molecular formula is C15H24N2O. The minimum absolute atomic E-state index is 0.222. The van der Waals surface area contributed by atoms with E-state index in [0.29, 0.717) is 12.6 Å². The third kappa shape index (κ3) is 3.24. The molecule has 0 spiro atoms. The summed E-state index contributed by atoms with van der Waals surface area (Å²) < 4.78 is 0. The highest BCUT2D eigenvalue weighted by molar-refractivity contribution is 5.51. The van der Waals surface area contributed by atoms with Crippen LogP contribution in [-0.4, -0.2) is 37.4 Å². The van der Waals surface area contributed by atoms with Crippen molar-refractivity contribution >= 4 is 5.69 Å². The Morgan fingerprint density at radius 3 is 2.89 bits per heavy atom. The largest absolute Gasteiger partial charge is 0.395 e. The van der Waals surface area contributed by atoms with Gasteiger partial charge < -0.3 is 15.3 Å². The van der Waals surface area contributed by atoms with Crippen LogP contribution >= 0.6 is 0 Å². The molecule has 0 bridgehead atoms. The normalized spacial score (nSPS) is 20.2. The van der Waals surface area contributed by atoms with E-state index < -0.39 is 0 Å². The van der Waals surface area contributed by atoms with Crippen LogP contribution in [0.15, 0.2) is 18.2 Å². The van der Waals surface area contributed by atoms with Crippen LogP contribution in [-0.2, 0) is 0 Å². The van der Waals surface area contributed by atoms with E-state index in [9.17, 15) is 0 Å². The maximum absolute atomic E-state index is 8.87. The Bertz CT molecular complexity index is 392. The average molecular weight is 248 g/mol. The predicted octanol–water partition coefficient (Wildman–Crippen LogP) is 1.85. The molecule has 1 heterocycles. The fraction of sp³-hybridized carbons (Fsp3) is 0.600. The van der Waals surface area contributed by atoms with Crippen molar-refractivity contribution in [2.45, 2.75) is 32.7 Å². The SMILES string of the molecule is Cc1ccc(N2CCCC(NCCO)C2)cc1C. The molecule has 1 atom stereocenters. The van der Waals surface area contributed by atoms with Crippen molar-refractivity contribution in [1.29, 1.82) is 0 Å². The van der Waals surface area contributed by atoms with Crippen LogP contribution in [0.3, 0.4) is 0 Å². The Hall–Kier alpha value is -1.06. The first-order valence-corrected chi connectivity index (χ1v) is 6.87. The van der Waals surface area contributed by atoms with Crippen LogP contribution in [0, 0.1) is 13.8 Å². The van der Waals surface area contributed by atoms with Gasteiger partial charge in [0.05, 0.1) is 6.61 Å². The zero-order valence-corrected chi connectivity index (χ0v) is 11.4. The maximum Gasteiger partial charge on any atom is 0.0556 e. The molecule has 0 amide bonds. The molecule has 0 saturated carbocycles. The van der Waals surface area contributed by atoms with Crippen LogP contribution < -0.4 is 10.2 Å². The first-order valence-electron chi connectivity index (χ1n) is 6.87. The predicted molar refractivity (Wildman–Crippen MR) is 76.2 cm³/mol. The number of aliphatic hydroxyl groups excluding tert-OH is 1. The minimum Gasteiger partial charge on any atom is -0.395 e. The van der Waals surface area contributed by atoms with Gasteiger partial charge in [0.1, 0.15) is 0 Å². The van der Waals surface area contributed by atoms with Gasteiger partial charge in [0.15, 0.2) is 0 Å². The number of anilines is 1. The highest BCUT2D eigenvalue weighted by Crippen LogP contribution is 2.22. The zero-order chi connectivity index (χ0) is 13.0. The summed E-state index contributed by atoms with van der Waals surface area (Å²) >= 11 is 0. The molecular weight excluding hydrogens is 224 g/mol. The number of nitrogens with zero attached hydrogens (tertiary/aromatic N) is 1. The molecule has 1 aliphatic rings. The highest BCUT2D eigenvalue weighted by atomic mass is 16.3. The quantitative estimate of drug-likeness (QED) is 0.853. The van der Waals surface area contributed by atoms with E-state index in [1.807, 2.05) is 0 Å². The zero-order valence-electron chi connectivity index (χ0n) is 11.4. The Kier molecular flexibility index (Phi) is 4.61. The minimum atomic E-state index is 0.222. The van der Waals surface area contributed by atoms with Crippen LogP contribution in [0.5, 0.6) is 0 Å². The Balaban J connectivity index is 2.01. The van der Waals surface area contributed by atoms with Gasteiger partial charge in [-0.15, -0.1) is 0 Å². The maximum atomic E-state index is 8.87. The summed E-state index contributed by atoms with van der Waals surface area (Å²) in [6.45, 7) is 7.43. The van der Waals surface area contributed by atoms with E-state index in [4.69, 9.17) is 5.11 Å². The van der Waals surface area contributed by atoms with Crippen LogP contribution in [0.2, 0.25) is 0 Å². The third-order valence-corrected chi connectivity index (χ3v) is 3.82. The highest BCUT2D eigenvalue weighted by Gasteiger charge is 2.19. The first-order chi connectivity index (χ1) is 8.70. The molecule has 2 N–H and O–H groups in total. The van der Waals surface area contributed by atoms with Crippen molar-refractivity contribution in [2.75, 3.05) is 31.1 Å². The van der Waals surface area contributed by atoms with Crippen LogP contribution in [0.1, 0.15) is 24.0 Å². The smallest absolute Gasteiger partial charge is 0.0556 e. The third-order valence-electron chi connectivity index (χ3n) is 3.82. The number of rotatable bonds is 4. The fourth-order valence-corrected chi connectivity index (χ4v) is 2.57. The molecule has 100 valence electrons. The van der Waals surface area contributed by atoms with E-state index >= 15 is 0 Å². The Morgan fingerprint density at radius 2 is 2.17 bits per heavy atom. The number of hydrogen-bond acceptors (Lipinski definition) is 3. The summed E-state index contributed by atoms with van der Waals surface area (Å²) in [5.41, 5.74) is 4.04. The molecule has 3 nitrogen and oxygen atoms in total. The summed E-state index contributed by atoms with van der Waals surface area (Å²) in [6, 6.07) is 7.21. The van der Waals surface area contributed by atoms with Gasteiger partial charge in [0, 0.05) is 31.4 Å².